The minimum absolute atomic E-state index is 0.0346. The second kappa shape index (κ2) is 10.8. The Morgan fingerprint density at radius 2 is 1.78 bits per heavy atom. The molecule has 0 saturated carbocycles. The summed E-state index contributed by atoms with van der Waals surface area (Å²) in [6.45, 7) is 4.36. The van der Waals surface area contributed by atoms with Gasteiger partial charge in [0.25, 0.3) is 0 Å². The SMILES string of the molecule is CCOC(=O)c1ccc(N=C2S[C@H](CC(=O)Nc3ccc(OC)cc3)C(=O)N2CC)cc1. The molecule has 32 heavy (non-hydrogen) atoms. The van der Waals surface area contributed by atoms with Crippen LogP contribution in [0, 0.1) is 0 Å². The summed E-state index contributed by atoms with van der Waals surface area (Å²) in [7, 11) is 1.57. The first-order valence-electron chi connectivity index (χ1n) is 10.2. The molecule has 1 N–H and O–H groups in total. The van der Waals surface area contributed by atoms with E-state index in [9.17, 15) is 14.4 Å². The van der Waals surface area contributed by atoms with E-state index in [1.54, 1.807) is 67.5 Å². The van der Waals surface area contributed by atoms with Crippen molar-refractivity contribution in [3.8, 4) is 5.75 Å². The van der Waals surface area contributed by atoms with E-state index in [4.69, 9.17) is 9.47 Å². The Labute approximate surface area is 191 Å². The highest BCUT2D eigenvalue weighted by Crippen LogP contribution is 2.32. The second-order valence-electron chi connectivity index (χ2n) is 6.83. The average molecular weight is 456 g/mol. The van der Waals surface area contributed by atoms with E-state index >= 15 is 0 Å². The Bertz CT molecular complexity index is 1010. The van der Waals surface area contributed by atoms with Gasteiger partial charge in [-0.2, -0.15) is 0 Å². The van der Waals surface area contributed by atoms with Gasteiger partial charge in [-0.25, -0.2) is 9.79 Å². The maximum Gasteiger partial charge on any atom is 0.338 e. The number of carbonyl (C=O) groups excluding carboxylic acids is 3. The van der Waals surface area contributed by atoms with Crippen LogP contribution in [0.15, 0.2) is 53.5 Å². The molecule has 168 valence electrons. The number of benzene rings is 2. The van der Waals surface area contributed by atoms with E-state index in [2.05, 4.69) is 10.3 Å². The van der Waals surface area contributed by atoms with Gasteiger partial charge in [-0.15, -0.1) is 0 Å². The van der Waals surface area contributed by atoms with Crippen LogP contribution in [0.1, 0.15) is 30.6 Å². The van der Waals surface area contributed by atoms with Gasteiger partial charge < -0.3 is 14.8 Å². The summed E-state index contributed by atoms with van der Waals surface area (Å²) in [6, 6.07) is 13.6. The summed E-state index contributed by atoms with van der Waals surface area (Å²) in [6.07, 6.45) is 0.0346. The fraction of sp³-hybridized carbons (Fsp3) is 0.304. The molecule has 9 heteroatoms. The van der Waals surface area contributed by atoms with Crippen LogP contribution >= 0.6 is 11.8 Å². The number of esters is 1. The van der Waals surface area contributed by atoms with Gasteiger partial charge in [0, 0.05) is 18.7 Å². The first-order chi connectivity index (χ1) is 15.4. The van der Waals surface area contributed by atoms with Crippen LogP contribution in [-0.2, 0) is 14.3 Å². The van der Waals surface area contributed by atoms with Crippen LogP contribution < -0.4 is 10.1 Å². The third-order valence-electron chi connectivity index (χ3n) is 4.68. The van der Waals surface area contributed by atoms with Crippen molar-refractivity contribution in [1.82, 2.24) is 4.90 Å². The van der Waals surface area contributed by atoms with Gasteiger partial charge in [-0.3, -0.25) is 14.5 Å². The monoisotopic (exact) mass is 455 g/mol. The van der Waals surface area contributed by atoms with Crippen molar-refractivity contribution < 1.29 is 23.9 Å². The van der Waals surface area contributed by atoms with E-state index < -0.39 is 11.2 Å². The van der Waals surface area contributed by atoms with Crippen molar-refractivity contribution in [2.75, 3.05) is 25.6 Å². The summed E-state index contributed by atoms with van der Waals surface area (Å²) in [5, 5.41) is 2.78. The first-order valence-corrected chi connectivity index (χ1v) is 11.1. The van der Waals surface area contributed by atoms with Gasteiger partial charge in [0.2, 0.25) is 11.8 Å². The molecule has 1 fully saturated rings. The van der Waals surface area contributed by atoms with Gasteiger partial charge >= 0.3 is 5.97 Å². The highest BCUT2D eigenvalue weighted by Gasteiger charge is 2.38. The fourth-order valence-electron chi connectivity index (χ4n) is 3.07. The molecular formula is C23H25N3O5S. The Morgan fingerprint density at radius 3 is 2.38 bits per heavy atom. The number of aliphatic imine (C=N–C) groups is 1. The van der Waals surface area contributed by atoms with Gasteiger partial charge in [0.1, 0.15) is 11.0 Å². The number of rotatable bonds is 8. The molecule has 0 bridgehead atoms. The molecule has 2 aromatic carbocycles. The first kappa shape index (κ1) is 23.3. The van der Waals surface area contributed by atoms with Crippen LogP contribution in [0.4, 0.5) is 11.4 Å². The smallest absolute Gasteiger partial charge is 0.338 e. The highest BCUT2D eigenvalue weighted by molar-refractivity contribution is 8.15. The van der Waals surface area contributed by atoms with Crippen LogP contribution in [0.25, 0.3) is 0 Å². The third-order valence-corrected chi connectivity index (χ3v) is 5.86. The van der Waals surface area contributed by atoms with Crippen LogP contribution in [0.2, 0.25) is 0 Å². The lowest BCUT2D eigenvalue weighted by Gasteiger charge is -2.13. The molecule has 3 rings (SSSR count). The fourth-order valence-corrected chi connectivity index (χ4v) is 4.29. The minimum atomic E-state index is -0.550. The Hall–Kier alpha value is -3.33. The van der Waals surface area contributed by atoms with Crippen LogP contribution in [0.3, 0.4) is 0 Å². The van der Waals surface area contributed by atoms with Gasteiger partial charge in [-0.1, -0.05) is 11.8 Å². The minimum Gasteiger partial charge on any atom is -0.497 e. The molecule has 2 aromatic rings. The third kappa shape index (κ3) is 5.67. The molecule has 0 spiro atoms. The van der Waals surface area contributed by atoms with Crippen LogP contribution in [0.5, 0.6) is 5.75 Å². The zero-order valence-electron chi connectivity index (χ0n) is 18.2. The lowest BCUT2D eigenvalue weighted by atomic mass is 10.2. The summed E-state index contributed by atoms with van der Waals surface area (Å²) in [4.78, 5) is 43.2. The number of hydrogen-bond acceptors (Lipinski definition) is 7. The van der Waals surface area contributed by atoms with Gasteiger partial charge in [-0.05, 0) is 62.4 Å². The molecule has 1 heterocycles. The Morgan fingerprint density at radius 1 is 1.09 bits per heavy atom. The molecule has 0 aromatic heterocycles. The molecular weight excluding hydrogens is 430 g/mol. The van der Waals surface area contributed by atoms with Crippen molar-refractivity contribution in [2.45, 2.75) is 25.5 Å². The number of amidine groups is 1. The summed E-state index contributed by atoms with van der Waals surface area (Å²) < 4.78 is 10.1. The molecule has 2 amide bonds. The number of thioether (sulfide) groups is 1. The zero-order chi connectivity index (χ0) is 23.1. The van der Waals surface area contributed by atoms with E-state index in [-0.39, 0.29) is 18.2 Å². The largest absolute Gasteiger partial charge is 0.497 e. The van der Waals surface area contributed by atoms with Crippen molar-refractivity contribution in [2.24, 2.45) is 4.99 Å². The number of methoxy groups -OCH3 is 1. The molecule has 1 saturated heterocycles. The maximum atomic E-state index is 12.8. The molecule has 1 atom stereocenters. The molecule has 8 nitrogen and oxygen atoms in total. The maximum absolute atomic E-state index is 12.8. The Balaban J connectivity index is 1.66. The van der Waals surface area contributed by atoms with E-state index in [1.807, 2.05) is 6.92 Å². The van der Waals surface area contributed by atoms with Crippen molar-refractivity contribution >= 4 is 46.1 Å². The predicted octanol–water partition coefficient (Wildman–Crippen LogP) is 3.85. The van der Waals surface area contributed by atoms with Gasteiger partial charge in [0.15, 0.2) is 5.17 Å². The quantitative estimate of drug-likeness (QED) is 0.607. The standard InChI is InChI=1S/C23H25N3O5S/c1-4-26-21(28)19(14-20(27)24-16-10-12-18(30-3)13-11-16)32-23(26)25-17-8-6-15(7-9-17)22(29)31-5-2/h6-13,19H,4-5,14H2,1-3H3,(H,24,27)/t19-/m1/s1. The topological polar surface area (TPSA) is 97.3 Å². The van der Waals surface area contributed by atoms with Crippen molar-refractivity contribution in [3.63, 3.8) is 0 Å². The number of amides is 2. The molecule has 1 aliphatic heterocycles. The number of ether oxygens (including phenoxy) is 2. The lowest BCUT2D eigenvalue weighted by Crippen LogP contribution is -2.33. The zero-order valence-corrected chi connectivity index (χ0v) is 19.0. The van der Waals surface area contributed by atoms with E-state index in [0.717, 1.165) is 0 Å². The number of hydrogen-bond donors (Lipinski definition) is 1. The molecule has 0 unspecified atom stereocenters. The average Bonchev–Trinajstić information content (AvgIpc) is 3.08. The number of nitrogens with zero attached hydrogens (tertiary/aromatic N) is 2. The highest BCUT2D eigenvalue weighted by atomic mass is 32.2. The van der Waals surface area contributed by atoms with E-state index in [0.29, 0.717) is 41.0 Å². The van der Waals surface area contributed by atoms with Crippen molar-refractivity contribution in [3.05, 3.63) is 54.1 Å². The summed E-state index contributed by atoms with van der Waals surface area (Å²) in [5.74, 6) is -0.101. The van der Waals surface area contributed by atoms with Crippen molar-refractivity contribution in [1.29, 1.82) is 0 Å². The molecule has 1 aliphatic rings. The predicted molar refractivity (Wildman–Crippen MR) is 125 cm³/mol. The summed E-state index contributed by atoms with van der Waals surface area (Å²) >= 11 is 1.26. The molecule has 0 radical (unpaired) electrons. The normalized spacial score (nSPS) is 16.8. The lowest BCUT2D eigenvalue weighted by molar-refractivity contribution is -0.128. The van der Waals surface area contributed by atoms with Gasteiger partial charge in [0.05, 0.1) is 25.0 Å². The second-order valence-corrected chi connectivity index (χ2v) is 8.00. The number of carbonyl (C=O) groups is 3. The summed E-state index contributed by atoms with van der Waals surface area (Å²) in [5.41, 5.74) is 1.68. The number of anilines is 1. The number of nitrogens with one attached hydrogen (secondary N) is 1. The van der Waals surface area contributed by atoms with Crippen LogP contribution in [-0.4, -0.2) is 53.4 Å². The molecule has 0 aliphatic carbocycles. The van der Waals surface area contributed by atoms with E-state index in [1.165, 1.54) is 11.8 Å². The Kier molecular flexibility index (Phi) is 7.88.